The van der Waals surface area contributed by atoms with E-state index >= 15 is 0 Å². The maximum absolute atomic E-state index is 5.91. The summed E-state index contributed by atoms with van der Waals surface area (Å²) in [7, 11) is 3.61. The van der Waals surface area contributed by atoms with Gasteiger partial charge in [-0.1, -0.05) is 29.8 Å². The Morgan fingerprint density at radius 2 is 1.90 bits per heavy atom. The van der Waals surface area contributed by atoms with Crippen molar-refractivity contribution in [2.75, 3.05) is 20.8 Å². The van der Waals surface area contributed by atoms with Crippen LogP contribution in [-0.4, -0.2) is 36.2 Å². The topological polar surface area (TPSA) is 37.5 Å². The molecule has 0 radical (unpaired) electrons. The van der Waals surface area contributed by atoms with E-state index in [1.54, 1.807) is 7.11 Å². The molecule has 4 nitrogen and oxygen atoms in total. The van der Waals surface area contributed by atoms with Crippen LogP contribution in [0.5, 0.6) is 5.75 Å². The number of likely N-dealkylation sites (tertiary alicyclic amines) is 1. The molecule has 4 rings (SSSR count). The molecule has 1 saturated heterocycles. The lowest BCUT2D eigenvalue weighted by Gasteiger charge is -2.44. The molecule has 4 heteroatoms. The van der Waals surface area contributed by atoms with Crippen LogP contribution in [0.2, 0.25) is 0 Å². The molecule has 0 saturated carbocycles. The lowest BCUT2D eigenvalue weighted by Crippen LogP contribution is -2.45. The van der Waals surface area contributed by atoms with Crippen LogP contribution in [0.1, 0.15) is 48.1 Å². The van der Waals surface area contributed by atoms with E-state index in [1.807, 2.05) is 13.3 Å². The monoisotopic (exact) mass is 392 g/mol. The van der Waals surface area contributed by atoms with Gasteiger partial charge in [-0.05, 0) is 56.9 Å². The summed E-state index contributed by atoms with van der Waals surface area (Å²) in [5.41, 5.74) is 6.23. The summed E-state index contributed by atoms with van der Waals surface area (Å²) in [6.45, 7) is 8.36. The van der Waals surface area contributed by atoms with Crippen molar-refractivity contribution in [3.63, 3.8) is 0 Å². The average Bonchev–Trinajstić information content (AvgIpc) is 3.22. The molecule has 1 N–H and O–H groups in total. The van der Waals surface area contributed by atoms with Gasteiger partial charge in [0, 0.05) is 48.9 Å². The van der Waals surface area contributed by atoms with Crippen LogP contribution < -0.4 is 4.74 Å². The number of methoxy groups -OCH3 is 2. The molecule has 1 fully saturated rings. The molecule has 0 bridgehead atoms. The van der Waals surface area contributed by atoms with Gasteiger partial charge in [0.1, 0.15) is 5.75 Å². The fourth-order valence-electron chi connectivity index (χ4n) is 4.65. The van der Waals surface area contributed by atoms with Crippen molar-refractivity contribution in [3.05, 3.63) is 64.8 Å². The SMILES string of the molecule is COc1cc(C)c2[nH]ccc2c1CN1CCC(C)(OC)CC1c1ccc(C)cc1. The third-order valence-electron chi connectivity index (χ3n) is 6.64. The van der Waals surface area contributed by atoms with Gasteiger partial charge in [0.25, 0.3) is 0 Å². The lowest BCUT2D eigenvalue weighted by atomic mass is 9.84. The Labute approximate surface area is 173 Å². The summed E-state index contributed by atoms with van der Waals surface area (Å²) in [6, 6.07) is 13.6. The zero-order valence-corrected chi connectivity index (χ0v) is 18.2. The normalized spacial score (nSPS) is 22.9. The van der Waals surface area contributed by atoms with Crippen LogP contribution in [0.25, 0.3) is 10.9 Å². The van der Waals surface area contributed by atoms with Crippen molar-refractivity contribution < 1.29 is 9.47 Å². The van der Waals surface area contributed by atoms with E-state index in [0.717, 1.165) is 31.7 Å². The molecule has 2 atom stereocenters. The van der Waals surface area contributed by atoms with Gasteiger partial charge in [-0.3, -0.25) is 4.90 Å². The zero-order valence-electron chi connectivity index (χ0n) is 18.2. The molecule has 1 aromatic heterocycles. The minimum atomic E-state index is -0.0905. The van der Waals surface area contributed by atoms with E-state index in [2.05, 4.69) is 67.1 Å². The zero-order chi connectivity index (χ0) is 20.6. The quantitative estimate of drug-likeness (QED) is 0.620. The maximum atomic E-state index is 5.91. The average molecular weight is 393 g/mol. The fourth-order valence-corrected chi connectivity index (χ4v) is 4.65. The van der Waals surface area contributed by atoms with Crippen molar-refractivity contribution in [1.82, 2.24) is 9.88 Å². The van der Waals surface area contributed by atoms with Gasteiger partial charge in [-0.15, -0.1) is 0 Å². The largest absolute Gasteiger partial charge is 0.496 e. The molecule has 1 aliphatic heterocycles. The fraction of sp³-hybridized carbons (Fsp3) is 0.440. The summed E-state index contributed by atoms with van der Waals surface area (Å²) in [5, 5.41) is 1.25. The molecule has 154 valence electrons. The van der Waals surface area contributed by atoms with Crippen molar-refractivity contribution in [2.45, 2.75) is 51.8 Å². The molecule has 2 aromatic carbocycles. The van der Waals surface area contributed by atoms with Crippen molar-refractivity contribution >= 4 is 10.9 Å². The minimum absolute atomic E-state index is 0.0905. The number of hydrogen-bond acceptors (Lipinski definition) is 3. The first-order valence-corrected chi connectivity index (χ1v) is 10.4. The Hall–Kier alpha value is -2.30. The van der Waals surface area contributed by atoms with E-state index in [9.17, 15) is 0 Å². The number of piperidine rings is 1. The summed E-state index contributed by atoms with van der Waals surface area (Å²) in [6.07, 6.45) is 4.03. The second kappa shape index (κ2) is 7.85. The van der Waals surface area contributed by atoms with Crippen LogP contribution in [0.15, 0.2) is 42.6 Å². The maximum Gasteiger partial charge on any atom is 0.124 e. The van der Waals surface area contributed by atoms with Crippen molar-refractivity contribution in [2.24, 2.45) is 0 Å². The van der Waals surface area contributed by atoms with E-state index in [-0.39, 0.29) is 5.60 Å². The molecule has 3 aromatic rings. The number of hydrogen-bond donors (Lipinski definition) is 1. The Bertz CT molecular complexity index is 992. The lowest BCUT2D eigenvalue weighted by molar-refractivity contribution is -0.0672. The van der Waals surface area contributed by atoms with Gasteiger partial charge in [0.15, 0.2) is 0 Å². The van der Waals surface area contributed by atoms with Crippen molar-refractivity contribution in [1.29, 1.82) is 0 Å². The highest BCUT2D eigenvalue weighted by Crippen LogP contribution is 2.41. The number of rotatable bonds is 5. The standard InChI is InChI=1S/C25H32N2O2/c1-17-6-8-19(9-7-17)22-15-25(3,29-5)11-13-27(22)16-21-20-10-12-26-24(20)18(2)14-23(21)28-4/h6-10,12,14,22,26H,11,13,15-16H2,1-5H3. The van der Waals surface area contributed by atoms with E-state index in [0.29, 0.717) is 6.04 Å². The first-order valence-electron chi connectivity index (χ1n) is 10.4. The number of nitrogens with zero attached hydrogens (tertiary/aromatic N) is 1. The number of ether oxygens (including phenoxy) is 2. The third kappa shape index (κ3) is 3.79. The van der Waals surface area contributed by atoms with Gasteiger partial charge in [0.2, 0.25) is 0 Å². The molecular weight excluding hydrogens is 360 g/mol. The number of aromatic amines is 1. The highest BCUT2D eigenvalue weighted by Gasteiger charge is 2.37. The predicted octanol–water partition coefficient (Wildman–Crippen LogP) is 5.54. The molecule has 2 heterocycles. The van der Waals surface area contributed by atoms with E-state index < -0.39 is 0 Å². The summed E-state index contributed by atoms with van der Waals surface area (Å²) in [4.78, 5) is 5.98. The Kier molecular flexibility index (Phi) is 5.41. The summed E-state index contributed by atoms with van der Waals surface area (Å²) in [5.74, 6) is 0.970. The number of aryl methyl sites for hydroxylation is 2. The summed E-state index contributed by atoms with van der Waals surface area (Å²) >= 11 is 0. The molecule has 29 heavy (non-hydrogen) atoms. The highest BCUT2D eigenvalue weighted by atomic mass is 16.5. The number of H-pyrrole nitrogens is 1. The van der Waals surface area contributed by atoms with Gasteiger partial charge in [0.05, 0.1) is 12.7 Å². The molecule has 1 aliphatic rings. The number of aromatic nitrogens is 1. The van der Waals surface area contributed by atoms with Crippen LogP contribution in [0, 0.1) is 13.8 Å². The second-order valence-corrected chi connectivity index (χ2v) is 8.65. The van der Waals surface area contributed by atoms with E-state index in [1.165, 1.54) is 33.2 Å². The van der Waals surface area contributed by atoms with Gasteiger partial charge < -0.3 is 14.5 Å². The van der Waals surface area contributed by atoms with Crippen LogP contribution in [0.3, 0.4) is 0 Å². The smallest absolute Gasteiger partial charge is 0.124 e. The molecule has 0 aliphatic carbocycles. The summed E-state index contributed by atoms with van der Waals surface area (Å²) < 4.78 is 11.7. The minimum Gasteiger partial charge on any atom is -0.496 e. The Morgan fingerprint density at radius 3 is 2.59 bits per heavy atom. The molecule has 0 amide bonds. The van der Waals surface area contributed by atoms with Crippen molar-refractivity contribution in [3.8, 4) is 5.75 Å². The van der Waals surface area contributed by atoms with Crippen LogP contribution in [0.4, 0.5) is 0 Å². The van der Waals surface area contributed by atoms with Crippen LogP contribution in [-0.2, 0) is 11.3 Å². The first-order chi connectivity index (χ1) is 13.9. The highest BCUT2D eigenvalue weighted by molar-refractivity contribution is 5.88. The second-order valence-electron chi connectivity index (χ2n) is 8.65. The Morgan fingerprint density at radius 1 is 1.14 bits per heavy atom. The van der Waals surface area contributed by atoms with Gasteiger partial charge in [-0.25, -0.2) is 0 Å². The van der Waals surface area contributed by atoms with Gasteiger partial charge in [-0.2, -0.15) is 0 Å². The number of fused-ring (bicyclic) bond motifs is 1. The number of benzene rings is 2. The Balaban J connectivity index is 1.73. The number of nitrogens with one attached hydrogen (secondary N) is 1. The molecular formula is C25H32N2O2. The third-order valence-corrected chi connectivity index (χ3v) is 6.64. The first kappa shape index (κ1) is 20.0. The molecule has 0 spiro atoms. The molecule has 2 unspecified atom stereocenters. The van der Waals surface area contributed by atoms with Crippen LogP contribution >= 0.6 is 0 Å². The van der Waals surface area contributed by atoms with Gasteiger partial charge >= 0.3 is 0 Å². The van der Waals surface area contributed by atoms with E-state index in [4.69, 9.17) is 9.47 Å². The predicted molar refractivity (Wildman–Crippen MR) is 119 cm³/mol.